The number of hydrogen-bond donors (Lipinski definition) is 7. The number of amidine groups is 1. The first-order chi connectivity index (χ1) is 36.5. The Morgan fingerprint density at radius 2 is 1.20 bits per heavy atom. The molecule has 0 amide bonds. The summed E-state index contributed by atoms with van der Waals surface area (Å²) in [6, 6.07) is 23.5. The Hall–Kier alpha value is -6.76. The minimum Gasteiger partial charge on any atom is -1.00 e. The van der Waals surface area contributed by atoms with E-state index >= 15 is 0 Å². The van der Waals surface area contributed by atoms with Gasteiger partial charge >= 0.3 is 11.4 Å². The molecule has 9 N–H and O–H groups in total. The van der Waals surface area contributed by atoms with E-state index in [1.54, 1.807) is 46.5 Å². The fraction of sp³-hybridized carbons (Fsp3) is 0.353. The van der Waals surface area contributed by atoms with Crippen molar-refractivity contribution in [2.75, 3.05) is 51.7 Å². The number of anilines is 3. The number of hydrogen-bond acceptors (Lipinski definition) is 16. The fourth-order valence-corrected chi connectivity index (χ4v) is 6.42. The van der Waals surface area contributed by atoms with Crippen molar-refractivity contribution in [1.29, 1.82) is 5.26 Å². The lowest BCUT2D eigenvalue weighted by atomic mass is 10.0. The molecule has 22 nitrogen and oxygen atoms in total. The van der Waals surface area contributed by atoms with Crippen LogP contribution in [0.5, 0.6) is 11.5 Å². The Bertz CT molecular complexity index is 3120. The van der Waals surface area contributed by atoms with Crippen molar-refractivity contribution in [2.24, 2.45) is 11.7 Å². The number of rotatable bonds is 12. The van der Waals surface area contributed by atoms with Gasteiger partial charge in [-0.3, -0.25) is 20.5 Å². The highest BCUT2D eigenvalue weighted by atomic mass is 36.0. The summed E-state index contributed by atoms with van der Waals surface area (Å²) in [7, 11) is 7.21. The fourth-order valence-electron chi connectivity index (χ4n) is 6.15. The van der Waals surface area contributed by atoms with E-state index in [0.29, 0.717) is 53.3 Å². The van der Waals surface area contributed by atoms with Gasteiger partial charge in [0.15, 0.2) is 6.29 Å². The van der Waals surface area contributed by atoms with E-state index in [0.717, 1.165) is 63.0 Å². The van der Waals surface area contributed by atoms with Gasteiger partial charge in [-0.2, -0.15) is 14.9 Å². The molecular formula is C51H70Cl5N14O8P. The Balaban J connectivity index is 0. The summed E-state index contributed by atoms with van der Waals surface area (Å²) in [5.74, 6) is 5.14. The number of nitrogens with two attached hydrogens (primary N) is 2. The van der Waals surface area contributed by atoms with Gasteiger partial charge in [0.05, 0.1) is 42.4 Å². The van der Waals surface area contributed by atoms with Crippen LogP contribution < -0.4 is 48.8 Å². The molecule has 1 atom stereocenters. The highest BCUT2D eigenvalue weighted by Crippen LogP contribution is 2.61. The van der Waals surface area contributed by atoms with Gasteiger partial charge in [-0.25, -0.2) is 24.9 Å². The Kier molecular flexibility index (Phi) is 38.0. The Labute approximate surface area is 485 Å². The van der Waals surface area contributed by atoms with E-state index < -0.39 is 5.20 Å². The average Bonchev–Trinajstić information content (AvgIpc) is 4.18. The van der Waals surface area contributed by atoms with Crippen LogP contribution in [-0.2, 0) is 23.6 Å². The molecule has 6 heterocycles. The molecule has 432 valence electrons. The van der Waals surface area contributed by atoms with Crippen molar-refractivity contribution in [3.05, 3.63) is 118 Å². The molecule has 0 radical (unpaired) electrons. The molecule has 2 aromatic carbocycles. The van der Waals surface area contributed by atoms with Crippen molar-refractivity contribution in [1.82, 2.24) is 44.9 Å². The maximum Gasteiger partial charge on any atom is 0.373 e. The van der Waals surface area contributed by atoms with E-state index in [2.05, 4.69) is 90.0 Å². The van der Waals surface area contributed by atoms with E-state index in [4.69, 9.17) is 56.5 Å². The molecule has 8 rings (SSSR count). The smallest absolute Gasteiger partial charge is 0.373 e. The van der Waals surface area contributed by atoms with E-state index in [1.165, 1.54) is 0 Å². The summed E-state index contributed by atoms with van der Waals surface area (Å²) in [6.07, 6.45) is 6.95. The number of halogens is 5. The normalized spacial score (nSPS) is 10.1. The van der Waals surface area contributed by atoms with E-state index in [9.17, 15) is 9.36 Å². The lowest BCUT2D eigenvalue weighted by molar-refractivity contribution is -0.191. The number of aromatic nitrogens is 9. The Morgan fingerprint density at radius 1 is 0.785 bits per heavy atom. The van der Waals surface area contributed by atoms with Crippen LogP contribution in [0.25, 0.3) is 33.1 Å². The Morgan fingerprint density at radius 3 is 1.63 bits per heavy atom. The molecule has 6 aromatic heterocycles. The van der Waals surface area contributed by atoms with Gasteiger partial charge in [0.2, 0.25) is 5.84 Å². The number of methoxy groups -OCH3 is 2. The molecule has 0 spiro atoms. The summed E-state index contributed by atoms with van der Waals surface area (Å²) in [4.78, 5) is 62.2. The van der Waals surface area contributed by atoms with Gasteiger partial charge in [0.25, 0.3) is 5.56 Å². The number of nitrogens with one attached hydrogen (secondary N) is 5. The zero-order valence-electron chi connectivity index (χ0n) is 45.0. The highest BCUT2D eigenvalue weighted by Gasteiger charge is 2.15. The minimum atomic E-state index is -3.22. The van der Waals surface area contributed by atoms with Crippen LogP contribution in [0.4, 0.5) is 17.2 Å². The second-order valence-electron chi connectivity index (χ2n) is 15.3. The van der Waals surface area contributed by atoms with Gasteiger partial charge in [0.1, 0.15) is 56.9 Å². The number of H-pyrrole nitrogens is 4. The van der Waals surface area contributed by atoms with Crippen LogP contribution in [-0.4, -0.2) is 105 Å². The summed E-state index contributed by atoms with van der Waals surface area (Å²) in [5.41, 5.74) is 9.16. The first-order valence-electron chi connectivity index (χ1n) is 23.2. The van der Waals surface area contributed by atoms with Gasteiger partial charge in [-0.15, -0.1) is 0 Å². The number of benzene rings is 2. The number of fused-ring (bicyclic) bond motifs is 3. The molecule has 1 unspecified atom stereocenters. The van der Waals surface area contributed by atoms with Crippen molar-refractivity contribution in [2.45, 2.75) is 75.0 Å². The third-order valence-corrected chi connectivity index (χ3v) is 9.83. The molecule has 79 heavy (non-hydrogen) atoms. The summed E-state index contributed by atoms with van der Waals surface area (Å²) in [6.45, 7) is 14.2. The standard InChI is InChI=1S/C15H16N4O.C10H19NO2.C8H11NO.C7H6ClN3.C7H7N3O.C2H6N2.CO2.CH4.Cl3OP.ClH/c1-10-17-14-13(8-9-16-14)15(18-10)19(2)11-4-6-12(20-3)7-5-11;1-4-9(8-11)7-10(12-5-2)13-6-3;1-9-7-3-5-8(10-2)6-4-7;1-4-10-6(8)5-2-3-9-7(5)11-4;1-4-9-6-5(2-3-8-6)7(11)10-4;1-2(3)4;2-1-3;;1-5(2,3)4;/h4-9H,1-3H3,(H,16,17,18);9-10H,4-7H2,1-3H3;3-6,9H,1-2H3;2-3H,1H3,(H,9,10,11);2-3H,1H3,(H2,8,9,10,11);1H3,(H3,3,4);;1H4;;1H. The predicted molar refractivity (Wildman–Crippen MR) is 312 cm³/mol. The predicted octanol–water partition coefficient (Wildman–Crippen LogP) is 7.57. The minimum absolute atomic E-state index is 0. The molecule has 0 saturated carbocycles. The first kappa shape index (κ1) is 74.3. The molecule has 0 bridgehead atoms. The largest absolute Gasteiger partial charge is 1.00 e. The summed E-state index contributed by atoms with van der Waals surface area (Å²) < 4.78 is 30.4. The van der Waals surface area contributed by atoms with Crippen LogP contribution in [0.1, 0.15) is 65.4 Å². The molecule has 0 aliphatic carbocycles. The molecular weight excluding hydrogens is 1140 g/mol. The maximum atomic E-state index is 11.1. The van der Waals surface area contributed by atoms with Gasteiger partial charge in [-0.1, -0.05) is 26.0 Å². The van der Waals surface area contributed by atoms with Crippen molar-refractivity contribution in [3.8, 4) is 17.6 Å². The summed E-state index contributed by atoms with van der Waals surface area (Å²) >= 11 is 19.7. The number of aryl methyl sites for hydroxylation is 3. The van der Waals surface area contributed by atoms with Crippen molar-refractivity contribution >= 4 is 113 Å². The zero-order valence-corrected chi connectivity index (χ0v) is 49.6. The molecule has 0 saturated heterocycles. The third-order valence-electron chi connectivity index (χ3n) is 9.55. The molecule has 0 aliphatic rings. The lowest BCUT2D eigenvalue weighted by Crippen LogP contribution is -3.00. The first-order valence-corrected chi connectivity index (χ1v) is 28.0. The number of carbonyl (C=O) groups excluding carboxylic acids is 2. The third kappa shape index (κ3) is 29.7. The van der Waals surface area contributed by atoms with Crippen LogP contribution in [0.2, 0.25) is 5.15 Å². The number of nitriles is 1. The number of ether oxygens (including phenoxy) is 4. The van der Waals surface area contributed by atoms with E-state index in [-0.39, 0.29) is 43.8 Å². The molecule has 8 aromatic rings. The van der Waals surface area contributed by atoms with Gasteiger partial charge in [-0.05, 0) is 141 Å². The topological polar surface area (TPSA) is 323 Å². The number of nitrogens with zero attached hydrogens (tertiary/aromatic N) is 7. The van der Waals surface area contributed by atoms with Crippen molar-refractivity contribution < 1.29 is 50.9 Å². The number of aromatic amines is 4. The molecule has 28 heteroatoms. The van der Waals surface area contributed by atoms with Crippen molar-refractivity contribution in [3.63, 3.8) is 0 Å². The maximum absolute atomic E-state index is 11.1. The van der Waals surface area contributed by atoms with Gasteiger partial charge in [0, 0.05) is 70.6 Å². The van der Waals surface area contributed by atoms with Crippen LogP contribution in [0.15, 0.2) is 90.1 Å². The average molecular weight is 1220 g/mol. The monoisotopic (exact) mass is 1210 g/mol. The van der Waals surface area contributed by atoms with Crippen LogP contribution >= 0.6 is 50.5 Å². The summed E-state index contributed by atoms with van der Waals surface area (Å²) in [5, 5.41) is 16.4. The van der Waals surface area contributed by atoms with Crippen LogP contribution in [0.3, 0.4) is 0 Å². The zero-order chi connectivity index (χ0) is 58.1. The second-order valence-corrected chi connectivity index (χ2v) is 22.3. The molecule has 0 aliphatic heterocycles. The van der Waals surface area contributed by atoms with Crippen LogP contribution in [0, 0.1) is 38.0 Å². The van der Waals surface area contributed by atoms with Gasteiger partial charge < -0.3 is 61.5 Å². The van der Waals surface area contributed by atoms with E-state index in [1.807, 2.05) is 120 Å². The second kappa shape index (κ2) is 40.4. The SMILES string of the molecule is C.CC(N)=[NH2+].CCOC(CC(C#N)CC)OCC.CNc1ccc(OC)cc1.COc1ccc(N(C)c2nc(C)nc3[nH]ccc23)cc1.Cc1nc(Cl)c2cc[nH]c2n1.Cc1nc2[nH]ccc2c(=O)[nH]1.O=C=O.O=P(Cl)(Cl)Cl.[Cl-]. The lowest BCUT2D eigenvalue weighted by Gasteiger charge is -2.19. The molecule has 0 fully saturated rings. The highest BCUT2D eigenvalue weighted by molar-refractivity contribution is 8.24. The quantitative estimate of drug-likeness (QED) is 0.0204.